The Morgan fingerprint density at radius 1 is 1.00 bits per heavy atom. The largest absolute Gasteiger partial charge is 0.416 e. The fourth-order valence-electron chi connectivity index (χ4n) is 3.23. The van der Waals surface area contributed by atoms with Crippen LogP contribution in [0.4, 0.5) is 18.9 Å². The second-order valence-corrected chi connectivity index (χ2v) is 7.09. The molecule has 0 saturated heterocycles. The standard InChI is InChI=1S/C20H14F3NOS/c21-20(22,23)14-8-6-13(7-9-14)15-10-17(25)24-18-16(11-26-19(15)18)12-4-2-1-3-5-12/h1-9,11,15H,10H2,(H,24,25)/t15-/m0/s1. The summed E-state index contributed by atoms with van der Waals surface area (Å²) in [6.07, 6.45) is -4.13. The molecule has 1 atom stereocenters. The molecule has 3 aromatic rings. The quantitative estimate of drug-likeness (QED) is 0.595. The molecular formula is C20H14F3NOS. The lowest BCUT2D eigenvalue weighted by Crippen LogP contribution is -2.22. The van der Waals surface area contributed by atoms with Gasteiger partial charge in [0, 0.05) is 28.2 Å². The molecule has 26 heavy (non-hydrogen) atoms. The number of carbonyl (C=O) groups excluding carboxylic acids is 1. The first-order valence-electron chi connectivity index (χ1n) is 8.07. The van der Waals surface area contributed by atoms with E-state index in [1.165, 1.54) is 23.5 Å². The highest BCUT2D eigenvalue weighted by Crippen LogP contribution is 2.46. The summed E-state index contributed by atoms with van der Waals surface area (Å²) in [5.74, 6) is -0.360. The number of fused-ring (bicyclic) bond motifs is 1. The summed E-state index contributed by atoms with van der Waals surface area (Å²) in [7, 11) is 0. The molecule has 0 saturated carbocycles. The first-order chi connectivity index (χ1) is 12.4. The van der Waals surface area contributed by atoms with Gasteiger partial charge in [-0.25, -0.2) is 0 Å². The zero-order valence-electron chi connectivity index (χ0n) is 13.5. The number of benzene rings is 2. The Morgan fingerprint density at radius 3 is 2.35 bits per heavy atom. The van der Waals surface area contributed by atoms with Gasteiger partial charge in [-0.15, -0.1) is 11.3 Å². The molecule has 1 N–H and O–H groups in total. The van der Waals surface area contributed by atoms with Gasteiger partial charge in [-0.05, 0) is 23.3 Å². The molecular weight excluding hydrogens is 359 g/mol. The van der Waals surface area contributed by atoms with E-state index in [0.717, 1.165) is 39.4 Å². The molecule has 0 fully saturated rings. The van der Waals surface area contributed by atoms with Crippen molar-refractivity contribution in [3.63, 3.8) is 0 Å². The molecule has 0 bridgehead atoms. The zero-order valence-corrected chi connectivity index (χ0v) is 14.3. The van der Waals surface area contributed by atoms with Gasteiger partial charge < -0.3 is 5.32 Å². The molecule has 0 unspecified atom stereocenters. The number of hydrogen-bond donors (Lipinski definition) is 1. The van der Waals surface area contributed by atoms with E-state index in [2.05, 4.69) is 5.32 Å². The number of rotatable bonds is 2. The number of thiophene rings is 1. The first kappa shape index (κ1) is 16.8. The average molecular weight is 373 g/mol. The van der Waals surface area contributed by atoms with Crippen LogP contribution in [0.5, 0.6) is 0 Å². The lowest BCUT2D eigenvalue weighted by molar-refractivity contribution is -0.137. The van der Waals surface area contributed by atoms with Gasteiger partial charge >= 0.3 is 6.18 Å². The summed E-state index contributed by atoms with van der Waals surface area (Å²) in [6, 6.07) is 14.8. The summed E-state index contributed by atoms with van der Waals surface area (Å²) in [5, 5.41) is 4.92. The minimum Gasteiger partial charge on any atom is -0.325 e. The van der Waals surface area contributed by atoms with Crippen LogP contribution in [0.1, 0.15) is 28.3 Å². The van der Waals surface area contributed by atoms with Crippen molar-refractivity contribution in [1.29, 1.82) is 0 Å². The van der Waals surface area contributed by atoms with Gasteiger partial charge in [-0.2, -0.15) is 13.2 Å². The monoisotopic (exact) mass is 373 g/mol. The molecule has 1 aromatic heterocycles. The Balaban J connectivity index is 1.75. The number of carbonyl (C=O) groups is 1. The van der Waals surface area contributed by atoms with Gasteiger partial charge in [0.25, 0.3) is 0 Å². The highest BCUT2D eigenvalue weighted by Gasteiger charge is 2.33. The molecule has 4 rings (SSSR count). The van der Waals surface area contributed by atoms with Crippen molar-refractivity contribution in [3.05, 3.63) is 76.0 Å². The van der Waals surface area contributed by atoms with Crippen LogP contribution in [0.2, 0.25) is 0 Å². The molecule has 1 amide bonds. The molecule has 1 aliphatic heterocycles. The molecule has 0 spiro atoms. The number of anilines is 1. The number of nitrogens with one attached hydrogen (secondary N) is 1. The molecule has 0 aliphatic carbocycles. The Morgan fingerprint density at radius 2 is 1.69 bits per heavy atom. The molecule has 2 heterocycles. The molecule has 2 aromatic carbocycles. The van der Waals surface area contributed by atoms with E-state index in [1.807, 2.05) is 35.7 Å². The summed E-state index contributed by atoms with van der Waals surface area (Å²) in [6.45, 7) is 0. The maximum Gasteiger partial charge on any atom is 0.416 e. The Bertz CT molecular complexity index is 945. The Kier molecular flexibility index (Phi) is 4.07. The van der Waals surface area contributed by atoms with Crippen LogP contribution in [0.25, 0.3) is 11.1 Å². The lowest BCUT2D eigenvalue weighted by atomic mass is 9.88. The normalized spacial score (nSPS) is 16.9. The molecule has 0 radical (unpaired) electrons. The van der Waals surface area contributed by atoms with E-state index >= 15 is 0 Å². The summed E-state index contributed by atoms with van der Waals surface area (Å²) in [4.78, 5) is 13.2. The third-order valence-electron chi connectivity index (χ3n) is 4.52. The molecule has 1 aliphatic rings. The summed E-state index contributed by atoms with van der Waals surface area (Å²) >= 11 is 1.52. The summed E-state index contributed by atoms with van der Waals surface area (Å²) < 4.78 is 38.4. The number of halogens is 3. The van der Waals surface area contributed by atoms with Crippen LogP contribution in [0, 0.1) is 0 Å². The third kappa shape index (κ3) is 3.01. The maximum atomic E-state index is 12.8. The van der Waals surface area contributed by atoms with Gasteiger partial charge in [0.2, 0.25) is 5.91 Å². The number of amides is 1. The van der Waals surface area contributed by atoms with Crippen LogP contribution in [0.3, 0.4) is 0 Å². The molecule has 132 valence electrons. The van der Waals surface area contributed by atoms with Crippen molar-refractivity contribution in [1.82, 2.24) is 0 Å². The van der Waals surface area contributed by atoms with E-state index in [0.29, 0.717) is 0 Å². The van der Waals surface area contributed by atoms with Crippen molar-refractivity contribution >= 4 is 22.9 Å². The van der Waals surface area contributed by atoms with Crippen LogP contribution in [-0.2, 0) is 11.0 Å². The van der Waals surface area contributed by atoms with E-state index in [4.69, 9.17) is 0 Å². The second-order valence-electron chi connectivity index (χ2n) is 6.18. The highest BCUT2D eigenvalue weighted by molar-refractivity contribution is 7.11. The minimum absolute atomic E-state index is 0.127. The van der Waals surface area contributed by atoms with Crippen molar-refractivity contribution in [2.75, 3.05) is 5.32 Å². The van der Waals surface area contributed by atoms with Gasteiger partial charge in [0.1, 0.15) is 0 Å². The van der Waals surface area contributed by atoms with Gasteiger partial charge in [-0.1, -0.05) is 42.5 Å². The SMILES string of the molecule is O=C1C[C@@H](c2ccc(C(F)(F)F)cc2)c2scc(-c3ccccc3)c2N1. The topological polar surface area (TPSA) is 29.1 Å². The van der Waals surface area contributed by atoms with Crippen molar-refractivity contribution in [3.8, 4) is 11.1 Å². The zero-order chi connectivity index (χ0) is 18.3. The predicted molar refractivity (Wildman–Crippen MR) is 96.3 cm³/mol. The smallest absolute Gasteiger partial charge is 0.325 e. The van der Waals surface area contributed by atoms with E-state index in [9.17, 15) is 18.0 Å². The van der Waals surface area contributed by atoms with E-state index < -0.39 is 11.7 Å². The molecule has 6 heteroatoms. The van der Waals surface area contributed by atoms with Crippen LogP contribution >= 0.6 is 11.3 Å². The fraction of sp³-hybridized carbons (Fsp3) is 0.150. The number of alkyl halides is 3. The van der Waals surface area contributed by atoms with Gasteiger partial charge in [-0.3, -0.25) is 4.79 Å². The van der Waals surface area contributed by atoms with Crippen molar-refractivity contribution in [2.45, 2.75) is 18.5 Å². The summed E-state index contributed by atoms with van der Waals surface area (Å²) in [5.41, 5.74) is 2.74. The van der Waals surface area contributed by atoms with Gasteiger partial charge in [0.15, 0.2) is 0 Å². The van der Waals surface area contributed by atoms with Crippen LogP contribution in [0.15, 0.2) is 60.0 Å². The van der Waals surface area contributed by atoms with Crippen molar-refractivity contribution < 1.29 is 18.0 Å². The molecule has 2 nitrogen and oxygen atoms in total. The van der Waals surface area contributed by atoms with Crippen molar-refractivity contribution in [2.24, 2.45) is 0 Å². The maximum absolute atomic E-state index is 12.8. The second kappa shape index (κ2) is 6.29. The minimum atomic E-state index is -4.36. The average Bonchev–Trinajstić information content (AvgIpc) is 3.05. The third-order valence-corrected chi connectivity index (χ3v) is 5.61. The number of hydrogen-bond acceptors (Lipinski definition) is 2. The predicted octanol–water partition coefficient (Wildman–Crippen LogP) is 5.91. The highest BCUT2D eigenvalue weighted by atomic mass is 32.1. The van der Waals surface area contributed by atoms with E-state index in [1.54, 1.807) is 0 Å². The first-order valence-corrected chi connectivity index (χ1v) is 8.95. The van der Waals surface area contributed by atoms with Gasteiger partial charge in [0.05, 0.1) is 11.3 Å². The lowest BCUT2D eigenvalue weighted by Gasteiger charge is -2.24. The fourth-order valence-corrected chi connectivity index (χ4v) is 4.39. The van der Waals surface area contributed by atoms with E-state index in [-0.39, 0.29) is 18.2 Å². The Labute approximate surface area is 152 Å². The Hall–Kier alpha value is -2.60. The van der Waals surface area contributed by atoms with Crippen LogP contribution in [-0.4, -0.2) is 5.91 Å². The van der Waals surface area contributed by atoms with Crippen LogP contribution < -0.4 is 5.32 Å².